The molecule has 110 valence electrons. The van der Waals surface area contributed by atoms with E-state index in [9.17, 15) is 14.4 Å². The zero-order valence-electron chi connectivity index (χ0n) is 11.8. The standard InChI is InChI=1S/C15H16N2O4/c1-9(2)17(8-13(19)20)15(21)11-5-3-4-10-6-7-12(18)16-14(10)11/h3-7,9H,8H2,1-2H3,(H,16,18)(H,19,20). The van der Waals surface area contributed by atoms with E-state index in [1.165, 1.54) is 11.0 Å². The maximum atomic E-state index is 12.6. The molecule has 2 N–H and O–H groups in total. The summed E-state index contributed by atoms with van der Waals surface area (Å²) < 4.78 is 0. The Bertz CT molecular complexity index is 749. The number of pyridine rings is 1. The van der Waals surface area contributed by atoms with E-state index in [0.29, 0.717) is 11.1 Å². The summed E-state index contributed by atoms with van der Waals surface area (Å²) in [5.74, 6) is -1.49. The molecule has 0 saturated heterocycles. The number of fused-ring (bicyclic) bond motifs is 1. The number of nitrogens with one attached hydrogen (secondary N) is 1. The number of carbonyl (C=O) groups excluding carboxylic acids is 1. The van der Waals surface area contributed by atoms with Crippen LogP contribution in [0.1, 0.15) is 24.2 Å². The number of hydrogen-bond acceptors (Lipinski definition) is 3. The fourth-order valence-electron chi connectivity index (χ4n) is 2.15. The molecule has 6 nitrogen and oxygen atoms in total. The summed E-state index contributed by atoms with van der Waals surface area (Å²) in [4.78, 5) is 38.9. The highest BCUT2D eigenvalue weighted by atomic mass is 16.4. The molecule has 2 rings (SSSR count). The van der Waals surface area contributed by atoms with E-state index in [2.05, 4.69) is 4.98 Å². The molecular formula is C15H16N2O4. The van der Waals surface area contributed by atoms with E-state index in [-0.39, 0.29) is 18.1 Å². The van der Waals surface area contributed by atoms with Crippen LogP contribution in [0.15, 0.2) is 35.1 Å². The van der Waals surface area contributed by atoms with Gasteiger partial charge < -0.3 is 15.0 Å². The summed E-state index contributed by atoms with van der Waals surface area (Å²) in [5, 5.41) is 9.66. The molecule has 0 aliphatic carbocycles. The molecule has 0 atom stereocenters. The van der Waals surface area contributed by atoms with Gasteiger partial charge >= 0.3 is 5.97 Å². The number of aromatic amines is 1. The lowest BCUT2D eigenvalue weighted by Crippen LogP contribution is -2.40. The van der Waals surface area contributed by atoms with Crippen LogP contribution in [-0.4, -0.2) is 39.5 Å². The molecule has 1 amide bonds. The molecule has 0 aliphatic heterocycles. The first-order valence-corrected chi connectivity index (χ1v) is 6.55. The summed E-state index contributed by atoms with van der Waals surface area (Å²) in [6.07, 6.45) is 0. The molecule has 6 heteroatoms. The third kappa shape index (κ3) is 3.10. The summed E-state index contributed by atoms with van der Waals surface area (Å²) >= 11 is 0. The van der Waals surface area contributed by atoms with Gasteiger partial charge in [0.2, 0.25) is 5.56 Å². The second-order valence-electron chi connectivity index (χ2n) is 5.01. The lowest BCUT2D eigenvalue weighted by Gasteiger charge is -2.25. The number of benzene rings is 1. The third-order valence-corrected chi connectivity index (χ3v) is 3.18. The van der Waals surface area contributed by atoms with Crippen molar-refractivity contribution >= 4 is 22.8 Å². The normalized spacial score (nSPS) is 10.8. The number of hydrogen-bond donors (Lipinski definition) is 2. The van der Waals surface area contributed by atoms with E-state index in [1.807, 2.05) is 0 Å². The lowest BCUT2D eigenvalue weighted by atomic mass is 10.1. The molecule has 0 fully saturated rings. The first kappa shape index (κ1) is 14.8. The highest BCUT2D eigenvalue weighted by Crippen LogP contribution is 2.17. The first-order valence-electron chi connectivity index (χ1n) is 6.55. The van der Waals surface area contributed by atoms with Crippen LogP contribution >= 0.6 is 0 Å². The second-order valence-corrected chi connectivity index (χ2v) is 5.01. The number of rotatable bonds is 4. The van der Waals surface area contributed by atoms with Gasteiger partial charge in [-0.15, -0.1) is 0 Å². The van der Waals surface area contributed by atoms with Gasteiger partial charge in [0.15, 0.2) is 0 Å². The highest BCUT2D eigenvalue weighted by Gasteiger charge is 2.23. The smallest absolute Gasteiger partial charge is 0.323 e. The average molecular weight is 288 g/mol. The molecule has 0 saturated carbocycles. The number of carbonyl (C=O) groups is 2. The lowest BCUT2D eigenvalue weighted by molar-refractivity contribution is -0.138. The molecule has 0 radical (unpaired) electrons. The van der Waals surface area contributed by atoms with Crippen molar-refractivity contribution in [2.24, 2.45) is 0 Å². The van der Waals surface area contributed by atoms with E-state index in [1.54, 1.807) is 38.1 Å². The molecule has 2 aromatic rings. The van der Waals surface area contributed by atoms with Crippen LogP contribution in [0.4, 0.5) is 0 Å². The van der Waals surface area contributed by atoms with Gasteiger partial charge in [-0.25, -0.2) is 0 Å². The third-order valence-electron chi connectivity index (χ3n) is 3.18. The van der Waals surface area contributed by atoms with Crippen molar-refractivity contribution in [3.05, 3.63) is 46.2 Å². The zero-order chi connectivity index (χ0) is 15.6. The molecule has 0 spiro atoms. The van der Waals surface area contributed by atoms with Crippen LogP contribution in [0.5, 0.6) is 0 Å². The Hall–Kier alpha value is -2.63. The maximum absolute atomic E-state index is 12.6. The largest absolute Gasteiger partial charge is 0.480 e. The molecule has 0 bridgehead atoms. The number of aliphatic carboxylic acids is 1. The number of aromatic nitrogens is 1. The summed E-state index contributed by atoms with van der Waals surface area (Å²) in [7, 11) is 0. The summed E-state index contributed by atoms with van der Waals surface area (Å²) in [6.45, 7) is 3.10. The van der Waals surface area contributed by atoms with E-state index in [0.717, 1.165) is 5.39 Å². The Morgan fingerprint density at radius 3 is 2.57 bits per heavy atom. The fourth-order valence-corrected chi connectivity index (χ4v) is 2.15. The quantitative estimate of drug-likeness (QED) is 0.891. The minimum Gasteiger partial charge on any atom is -0.480 e. The SMILES string of the molecule is CC(C)N(CC(=O)O)C(=O)c1cccc2ccc(=O)[nH]c12. The predicted octanol–water partition coefficient (Wildman–Crippen LogP) is 1.46. The van der Waals surface area contributed by atoms with Gasteiger partial charge in [-0.1, -0.05) is 12.1 Å². The number of carboxylic acids is 1. The number of nitrogens with zero attached hydrogens (tertiary/aromatic N) is 1. The Morgan fingerprint density at radius 1 is 1.24 bits per heavy atom. The molecule has 1 heterocycles. The van der Waals surface area contributed by atoms with Gasteiger partial charge in [0, 0.05) is 12.1 Å². The van der Waals surface area contributed by atoms with Crippen molar-refractivity contribution in [3.63, 3.8) is 0 Å². The van der Waals surface area contributed by atoms with E-state index >= 15 is 0 Å². The molecule has 0 unspecified atom stereocenters. The molecule has 0 aliphatic rings. The van der Waals surface area contributed by atoms with Crippen molar-refractivity contribution in [1.29, 1.82) is 0 Å². The Kier molecular flexibility index (Phi) is 4.07. The minimum atomic E-state index is -1.08. The molecular weight excluding hydrogens is 272 g/mol. The van der Waals surface area contributed by atoms with Crippen LogP contribution in [0.2, 0.25) is 0 Å². The van der Waals surface area contributed by atoms with Crippen molar-refractivity contribution < 1.29 is 14.7 Å². The zero-order valence-corrected chi connectivity index (χ0v) is 11.8. The van der Waals surface area contributed by atoms with Gasteiger partial charge in [-0.3, -0.25) is 14.4 Å². The van der Waals surface area contributed by atoms with Gasteiger partial charge in [-0.05, 0) is 31.4 Å². The van der Waals surface area contributed by atoms with Crippen LogP contribution in [-0.2, 0) is 4.79 Å². The van der Waals surface area contributed by atoms with Crippen molar-refractivity contribution in [1.82, 2.24) is 9.88 Å². The monoisotopic (exact) mass is 288 g/mol. The number of para-hydroxylation sites is 1. The Morgan fingerprint density at radius 2 is 1.95 bits per heavy atom. The fraction of sp³-hybridized carbons (Fsp3) is 0.267. The van der Waals surface area contributed by atoms with Gasteiger partial charge in [-0.2, -0.15) is 0 Å². The summed E-state index contributed by atoms with van der Waals surface area (Å²) in [5.41, 5.74) is 0.406. The maximum Gasteiger partial charge on any atom is 0.323 e. The minimum absolute atomic E-state index is 0.265. The topological polar surface area (TPSA) is 90.5 Å². The average Bonchev–Trinajstić information content (AvgIpc) is 2.43. The number of amides is 1. The van der Waals surface area contributed by atoms with Crippen molar-refractivity contribution in [2.45, 2.75) is 19.9 Å². The Balaban J connectivity index is 2.54. The molecule has 1 aromatic heterocycles. The van der Waals surface area contributed by atoms with Crippen LogP contribution in [0.3, 0.4) is 0 Å². The van der Waals surface area contributed by atoms with Crippen molar-refractivity contribution in [3.8, 4) is 0 Å². The Labute approximate surface area is 121 Å². The second kappa shape index (κ2) is 5.78. The van der Waals surface area contributed by atoms with Gasteiger partial charge in [0.05, 0.1) is 11.1 Å². The molecule has 1 aromatic carbocycles. The van der Waals surface area contributed by atoms with Crippen LogP contribution < -0.4 is 5.56 Å². The highest BCUT2D eigenvalue weighted by molar-refractivity contribution is 6.06. The van der Waals surface area contributed by atoms with Crippen molar-refractivity contribution in [2.75, 3.05) is 6.54 Å². The predicted molar refractivity (Wildman–Crippen MR) is 78.4 cm³/mol. The van der Waals surface area contributed by atoms with E-state index in [4.69, 9.17) is 5.11 Å². The van der Waals surface area contributed by atoms with Gasteiger partial charge in [0.1, 0.15) is 6.54 Å². The van der Waals surface area contributed by atoms with Crippen LogP contribution in [0, 0.1) is 0 Å². The van der Waals surface area contributed by atoms with E-state index < -0.39 is 11.9 Å². The number of carboxylic acid groups (broad SMARTS) is 1. The summed E-state index contributed by atoms with van der Waals surface area (Å²) in [6, 6.07) is 7.80. The number of H-pyrrole nitrogens is 1. The molecule has 21 heavy (non-hydrogen) atoms. The van der Waals surface area contributed by atoms with Crippen LogP contribution in [0.25, 0.3) is 10.9 Å². The van der Waals surface area contributed by atoms with Gasteiger partial charge in [0.25, 0.3) is 5.91 Å². The first-order chi connectivity index (χ1) is 9.90.